The first kappa shape index (κ1) is 15.5. The normalized spacial score (nSPS) is 12.4. The fourth-order valence-electron chi connectivity index (χ4n) is 2.38. The van der Waals surface area contributed by atoms with Crippen molar-refractivity contribution in [2.24, 2.45) is 0 Å². The van der Waals surface area contributed by atoms with E-state index in [9.17, 15) is 4.39 Å². The first-order valence-electron chi connectivity index (χ1n) is 7.36. The molecule has 3 heteroatoms. The average molecular weight is 287 g/mol. The molecule has 0 saturated heterocycles. The third-order valence-electron chi connectivity index (χ3n) is 3.22. The van der Waals surface area contributed by atoms with E-state index < -0.39 is 0 Å². The maximum Gasteiger partial charge on any atom is 0.128 e. The molecule has 0 heterocycles. The summed E-state index contributed by atoms with van der Waals surface area (Å²) < 4.78 is 20.0. The predicted octanol–water partition coefficient (Wildman–Crippen LogP) is 4.31. The van der Waals surface area contributed by atoms with E-state index in [1.54, 1.807) is 6.07 Å². The minimum atomic E-state index is -0.217. The molecule has 2 nitrogen and oxygen atoms in total. The summed E-state index contributed by atoms with van der Waals surface area (Å²) in [5.41, 5.74) is 1.59. The maximum atomic E-state index is 14.2. The topological polar surface area (TPSA) is 21.3 Å². The molecule has 2 aromatic rings. The van der Waals surface area contributed by atoms with E-state index in [0.717, 1.165) is 17.9 Å². The Hall–Kier alpha value is -1.87. The zero-order valence-electron chi connectivity index (χ0n) is 12.8. The van der Waals surface area contributed by atoms with Crippen molar-refractivity contribution in [1.82, 2.24) is 5.32 Å². The van der Waals surface area contributed by atoms with Gasteiger partial charge in [0.15, 0.2) is 0 Å². The van der Waals surface area contributed by atoms with Crippen molar-refractivity contribution >= 4 is 0 Å². The summed E-state index contributed by atoms with van der Waals surface area (Å²) >= 11 is 0. The van der Waals surface area contributed by atoms with E-state index in [1.165, 1.54) is 6.07 Å². The van der Waals surface area contributed by atoms with E-state index in [4.69, 9.17) is 4.74 Å². The van der Waals surface area contributed by atoms with E-state index >= 15 is 0 Å². The van der Waals surface area contributed by atoms with Gasteiger partial charge in [-0.25, -0.2) is 4.39 Å². The Morgan fingerprint density at radius 1 is 1.00 bits per heavy atom. The van der Waals surface area contributed by atoms with Gasteiger partial charge in [-0.1, -0.05) is 43.3 Å². The van der Waals surface area contributed by atoms with Crippen LogP contribution < -0.4 is 10.1 Å². The SMILES string of the molecule is CCNC(c1ccccc1F)c1ccccc1OC(C)C. The minimum Gasteiger partial charge on any atom is -0.491 e. The Morgan fingerprint density at radius 3 is 2.24 bits per heavy atom. The quantitative estimate of drug-likeness (QED) is 0.854. The van der Waals surface area contributed by atoms with Crippen LogP contribution in [0.3, 0.4) is 0 Å². The second-order valence-electron chi connectivity index (χ2n) is 5.22. The standard InChI is InChI=1S/C18H22FNO/c1-4-20-18(14-9-5-7-11-16(14)19)15-10-6-8-12-17(15)21-13(2)3/h5-13,18,20H,4H2,1-3H3. The van der Waals surface area contributed by atoms with Crippen LogP contribution in [0.5, 0.6) is 5.75 Å². The van der Waals surface area contributed by atoms with E-state index in [2.05, 4.69) is 5.32 Å². The highest BCUT2D eigenvalue weighted by Gasteiger charge is 2.20. The smallest absolute Gasteiger partial charge is 0.128 e. The molecule has 0 bridgehead atoms. The summed E-state index contributed by atoms with van der Waals surface area (Å²) in [4.78, 5) is 0. The van der Waals surface area contributed by atoms with Crippen LogP contribution in [-0.4, -0.2) is 12.6 Å². The van der Waals surface area contributed by atoms with Crippen LogP contribution in [0.1, 0.15) is 37.9 Å². The Kier molecular flexibility index (Phi) is 5.34. The highest BCUT2D eigenvalue weighted by Crippen LogP contribution is 2.31. The Balaban J connectivity index is 2.46. The van der Waals surface area contributed by atoms with E-state index in [-0.39, 0.29) is 18.0 Å². The van der Waals surface area contributed by atoms with Crippen molar-refractivity contribution in [3.63, 3.8) is 0 Å². The Labute approximate surface area is 126 Å². The fourth-order valence-corrected chi connectivity index (χ4v) is 2.38. The van der Waals surface area contributed by atoms with E-state index in [1.807, 2.05) is 57.2 Å². The van der Waals surface area contributed by atoms with Gasteiger partial charge in [0, 0.05) is 11.1 Å². The molecule has 1 atom stereocenters. The number of hydrogen-bond donors (Lipinski definition) is 1. The zero-order chi connectivity index (χ0) is 15.2. The van der Waals surface area contributed by atoms with Gasteiger partial charge in [-0.3, -0.25) is 0 Å². The van der Waals surface area contributed by atoms with Crippen LogP contribution in [0.2, 0.25) is 0 Å². The highest BCUT2D eigenvalue weighted by atomic mass is 19.1. The number of halogens is 1. The largest absolute Gasteiger partial charge is 0.491 e. The molecule has 0 radical (unpaired) electrons. The van der Waals surface area contributed by atoms with Crippen LogP contribution in [-0.2, 0) is 0 Å². The van der Waals surface area contributed by atoms with Crippen LogP contribution in [0.15, 0.2) is 48.5 Å². The van der Waals surface area contributed by atoms with Crippen molar-refractivity contribution in [1.29, 1.82) is 0 Å². The molecule has 0 saturated carbocycles. The van der Waals surface area contributed by atoms with Gasteiger partial charge in [-0.2, -0.15) is 0 Å². The lowest BCUT2D eigenvalue weighted by Gasteiger charge is -2.23. The van der Waals surface area contributed by atoms with Gasteiger partial charge in [0.1, 0.15) is 11.6 Å². The molecule has 2 rings (SSSR count). The van der Waals surface area contributed by atoms with Crippen molar-refractivity contribution in [3.05, 3.63) is 65.5 Å². The Bertz CT molecular complexity index is 583. The van der Waals surface area contributed by atoms with Gasteiger partial charge in [0.25, 0.3) is 0 Å². The van der Waals surface area contributed by atoms with Gasteiger partial charge in [0.2, 0.25) is 0 Å². The molecule has 0 aliphatic carbocycles. The molecular formula is C18H22FNO. The first-order valence-corrected chi connectivity index (χ1v) is 7.36. The predicted molar refractivity (Wildman–Crippen MR) is 84.1 cm³/mol. The zero-order valence-corrected chi connectivity index (χ0v) is 12.8. The number of hydrogen-bond acceptors (Lipinski definition) is 2. The van der Waals surface area contributed by atoms with Crippen LogP contribution >= 0.6 is 0 Å². The molecule has 1 N–H and O–H groups in total. The number of para-hydroxylation sites is 1. The molecule has 1 unspecified atom stereocenters. The third kappa shape index (κ3) is 3.82. The van der Waals surface area contributed by atoms with Crippen molar-refractivity contribution in [3.8, 4) is 5.75 Å². The highest BCUT2D eigenvalue weighted by molar-refractivity contribution is 5.42. The van der Waals surface area contributed by atoms with Gasteiger partial charge in [-0.05, 0) is 32.5 Å². The summed E-state index contributed by atoms with van der Waals surface area (Å²) in [6.07, 6.45) is 0.0778. The molecule has 21 heavy (non-hydrogen) atoms. The molecule has 0 aromatic heterocycles. The molecule has 2 aromatic carbocycles. The number of nitrogens with one attached hydrogen (secondary N) is 1. The first-order chi connectivity index (χ1) is 10.1. The second-order valence-corrected chi connectivity index (χ2v) is 5.22. The maximum absolute atomic E-state index is 14.2. The summed E-state index contributed by atoms with van der Waals surface area (Å²) in [6.45, 7) is 6.74. The monoisotopic (exact) mass is 287 g/mol. The lowest BCUT2D eigenvalue weighted by Crippen LogP contribution is -2.24. The summed E-state index contributed by atoms with van der Waals surface area (Å²) in [5.74, 6) is 0.588. The van der Waals surface area contributed by atoms with Crippen LogP contribution in [0, 0.1) is 5.82 Å². The third-order valence-corrected chi connectivity index (χ3v) is 3.22. The summed E-state index contributed by atoms with van der Waals surface area (Å²) in [7, 11) is 0. The van der Waals surface area contributed by atoms with Crippen LogP contribution in [0.4, 0.5) is 4.39 Å². The fraction of sp³-hybridized carbons (Fsp3) is 0.333. The number of rotatable bonds is 6. The van der Waals surface area contributed by atoms with Gasteiger partial charge in [-0.15, -0.1) is 0 Å². The average Bonchev–Trinajstić information content (AvgIpc) is 2.46. The summed E-state index contributed by atoms with van der Waals surface area (Å²) in [6, 6.07) is 14.5. The van der Waals surface area contributed by atoms with Crippen molar-refractivity contribution < 1.29 is 9.13 Å². The summed E-state index contributed by atoms with van der Waals surface area (Å²) in [5, 5.41) is 3.35. The minimum absolute atomic E-state index is 0.0778. The number of benzene rings is 2. The lowest BCUT2D eigenvalue weighted by molar-refractivity contribution is 0.238. The number of ether oxygens (including phenoxy) is 1. The van der Waals surface area contributed by atoms with Crippen molar-refractivity contribution in [2.45, 2.75) is 32.9 Å². The van der Waals surface area contributed by atoms with Gasteiger partial charge >= 0.3 is 0 Å². The lowest BCUT2D eigenvalue weighted by atomic mass is 9.97. The molecule has 0 spiro atoms. The molecular weight excluding hydrogens is 265 g/mol. The van der Waals surface area contributed by atoms with E-state index in [0.29, 0.717) is 5.56 Å². The van der Waals surface area contributed by atoms with Crippen LogP contribution in [0.25, 0.3) is 0 Å². The molecule has 0 aliphatic rings. The molecule has 112 valence electrons. The second kappa shape index (κ2) is 7.23. The van der Waals surface area contributed by atoms with Gasteiger partial charge < -0.3 is 10.1 Å². The Morgan fingerprint density at radius 2 is 1.62 bits per heavy atom. The molecule has 0 fully saturated rings. The molecule has 0 aliphatic heterocycles. The molecule has 0 amide bonds. The van der Waals surface area contributed by atoms with Crippen molar-refractivity contribution in [2.75, 3.05) is 6.54 Å². The van der Waals surface area contributed by atoms with Gasteiger partial charge in [0.05, 0.1) is 12.1 Å².